The molecule has 0 nitrogen and oxygen atoms in total. The zero-order chi connectivity index (χ0) is 17.9. The van der Waals surface area contributed by atoms with E-state index in [-0.39, 0.29) is 0 Å². The van der Waals surface area contributed by atoms with Crippen molar-refractivity contribution in [3.63, 3.8) is 0 Å². The maximum absolute atomic E-state index is 12.5. The van der Waals surface area contributed by atoms with Crippen LogP contribution in [0, 0.1) is 17.8 Å². The van der Waals surface area contributed by atoms with E-state index in [1.165, 1.54) is 63.4 Å². The second-order valence-corrected chi connectivity index (χ2v) is 8.33. The van der Waals surface area contributed by atoms with Crippen molar-refractivity contribution in [1.82, 2.24) is 0 Å². The molecule has 0 saturated heterocycles. The summed E-state index contributed by atoms with van der Waals surface area (Å²) in [5.41, 5.74) is 1.61. The molecular weight excluding hydrogens is 321 g/mol. The van der Waals surface area contributed by atoms with Crippen LogP contribution in [0.1, 0.15) is 81.8 Å². The predicted molar refractivity (Wildman–Crippen MR) is 96.6 cm³/mol. The fourth-order valence-corrected chi connectivity index (χ4v) is 5.13. The minimum absolute atomic E-state index is 0.373. The first kappa shape index (κ1) is 18.8. The van der Waals surface area contributed by atoms with Crippen molar-refractivity contribution in [2.75, 3.05) is 0 Å². The quantitative estimate of drug-likeness (QED) is 0.534. The largest absolute Gasteiger partial charge is 0.393 e. The van der Waals surface area contributed by atoms with Crippen LogP contribution < -0.4 is 0 Å². The molecule has 0 unspecified atom stereocenters. The van der Waals surface area contributed by atoms with Crippen molar-refractivity contribution in [2.24, 2.45) is 17.8 Å². The minimum Gasteiger partial charge on any atom is -0.171 e. The van der Waals surface area contributed by atoms with E-state index in [0.717, 1.165) is 17.8 Å². The average molecular weight is 352 g/mol. The van der Waals surface area contributed by atoms with E-state index in [9.17, 15) is 13.2 Å². The van der Waals surface area contributed by atoms with Crippen LogP contribution in [0.4, 0.5) is 13.2 Å². The van der Waals surface area contributed by atoms with Crippen molar-refractivity contribution < 1.29 is 13.2 Å². The lowest BCUT2D eigenvalue weighted by Gasteiger charge is -2.38. The van der Waals surface area contributed by atoms with Crippen LogP contribution in [0.15, 0.2) is 24.3 Å². The van der Waals surface area contributed by atoms with E-state index in [1.807, 2.05) is 12.1 Å². The summed E-state index contributed by atoms with van der Waals surface area (Å²) in [6.45, 7) is 2.32. The molecule has 0 atom stereocenters. The van der Waals surface area contributed by atoms with E-state index in [1.54, 1.807) is 12.1 Å². The monoisotopic (exact) mass is 352 g/mol. The number of rotatable bonds is 4. The Bertz CT molecular complexity index is 515. The van der Waals surface area contributed by atoms with Gasteiger partial charge in [-0.05, 0) is 73.3 Å². The van der Waals surface area contributed by atoms with Gasteiger partial charge in [0.2, 0.25) is 0 Å². The summed E-state index contributed by atoms with van der Waals surface area (Å²) in [6.07, 6.45) is 7.09. The number of benzene rings is 1. The molecule has 0 aromatic heterocycles. The van der Waals surface area contributed by atoms with Crippen LogP contribution in [0.25, 0.3) is 0 Å². The molecule has 0 heterocycles. The Balaban J connectivity index is 1.49. The fraction of sp³-hybridized carbons (Fsp3) is 0.727. The molecular formula is C22H31F3. The summed E-state index contributed by atoms with van der Waals surface area (Å²) in [7, 11) is 0. The zero-order valence-electron chi connectivity index (χ0n) is 15.3. The van der Waals surface area contributed by atoms with Crippen LogP contribution in [0.5, 0.6) is 0 Å². The highest BCUT2D eigenvalue weighted by atomic mass is 19.4. The van der Waals surface area contributed by atoms with Gasteiger partial charge in [0.1, 0.15) is 0 Å². The second-order valence-electron chi connectivity index (χ2n) is 8.33. The van der Waals surface area contributed by atoms with Gasteiger partial charge in [-0.3, -0.25) is 0 Å². The number of alkyl halides is 3. The Morgan fingerprint density at radius 3 is 1.80 bits per heavy atom. The molecule has 3 heteroatoms. The topological polar surface area (TPSA) is 0 Å². The summed E-state index contributed by atoms with van der Waals surface area (Å²) >= 11 is 0. The van der Waals surface area contributed by atoms with E-state index < -0.39 is 12.6 Å². The smallest absolute Gasteiger partial charge is 0.171 e. The molecule has 0 amide bonds. The molecule has 0 bridgehead atoms. The first-order valence-electron chi connectivity index (χ1n) is 10.1. The highest BCUT2D eigenvalue weighted by molar-refractivity contribution is 5.26. The second kappa shape index (κ2) is 8.14. The van der Waals surface area contributed by atoms with Gasteiger partial charge in [-0.25, -0.2) is 0 Å². The standard InChI is InChI=1S/C22H31F3/c1-2-16-3-7-18(8-4-16)20-11-13-21(14-12-20)19-9-5-17(6-10-19)15-22(23,24)25/h5-6,9-10,16,18,20-21H,2-4,7-8,11-15H2,1H3. The summed E-state index contributed by atoms with van der Waals surface area (Å²) in [5, 5.41) is 0. The summed E-state index contributed by atoms with van der Waals surface area (Å²) in [5.74, 6) is 3.32. The van der Waals surface area contributed by atoms with Crippen LogP contribution in [-0.4, -0.2) is 6.18 Å². The Labute approximate surface area is 150 Å². The third kappa shape index (κ3) is 5.24. The molecule has 0 aliphatic heterocycles. The average Bonchev–Trinajstić information content (AvgIpc) is 2.61. The zero-order valence-corrected chi connectivity index (χ0v) is 15.3. The molecule has 3 rings (SSSR count). The molecule has 0 N–H and O–H groups in total. The highest BCUT2D eigenvalue weighted by Crippen LogP contribution is 2.44. The third-order valence-corrected chi connectivity index (χ3v) is 6.76. The lowest BCUT2D eigenvalue weighted by atomic mass is 9.68. The van der Waals surface area contributed by atoms with Crippen LogP contribution in [0.2, 0.25) is 0 Å². The molecule has 0 radical (unpaired) electrons. The van der Waals surface area contributed by atoms with Gasteiger partial charge in [-0.2, -0.15) is 13.2 Å². The van der Waals surface area contributed by atoms with E-state index >= 15 is 0 Å². The molecule has 2 saturated carbocycles. The van der Waals surface area contributed by atoms with Crippen LogP contribution >= 0.6 is 0 Å². The normalized spacial score (nSPS) is 31.0. The van der Waals surface area contributed by atoms with Gasteiger partial charge >= 0.3 is 6.18 Å². The van der Waals surface area contributed by atoms with Gasteiger partial charge in [0.25, 0.3) is 0 Å². The van der Waals surface area contributed by atoms with E-state index in [2.05, 4.69) is 6.92 Å². The third-order valence-electron chi connectivity index (χ3n) is 6.76. The van der Waals surface area contributed by atoms with E-state index in [4.69, 9.17) is 0 Å². The van der Waals surface area contributed by atoms with Crippen molar-refractivity contribution in [3.05, 3.63) is 35.4 Å². The molecule has 25 heavy (non-hydrogen) atoms. The van der Waals surface area contributed by atoms with E-state index in [0.29, 0.717) is 11.5 Å². The number of hydrogen-bond acceptors (Lipinski definition) is 0. The summed E-state index contributed by atoms with van der Waals surface area (Å²) in [6, 6.07) is 7.19. The van der Waals surface area contributed by atoms with Gasteiger partial charge in [-0.1, -0.05) is 50.5 Å². The molecule has 0 spiro atoms. The Morgan fingerprint density at radius 1 is 0.800 bits per heavy atom. The maximum Gasteiger partial charge on any atom is 0.393 e. The van der Waals surface area contributed by atoms with Crippen molar-refractivity contribution in [2.45, 2.75) is 83.2 Å². The fourth-order valence-electron chi connectivity index (χ4n) is 5.13. The molecule has 1 aromatic carbocycles. The Morgan fingerprint density at radius 2 is 1.32 bits per heavy atom. The lowest BCUT2D eigenvalue weighted by molar-refractivity contribution is -0.127. The van der Waals surface area contributed by atoms with Gasteiger partial charge in [0.15, 0.2) is 0 Å². The van der Waals surface area contributed by atoms with Crippen molar-refractivity contribution in [3.8, 4) is 0 Å². The highest BCUT2D eigenvalue weighted by Gasteiger charge is 2.31. The predicted octanol–water partition coefficient (Wildman–Crippen LogP) is 7.28. The van der Waals surface area contributed by atoms with Crippen molar-refractivity contribution >= 4 is 0 Å². The van der Waals surface area contributed by atoms with Gasteiger partial charge in [-0.15, -0.1) is 0 Å². The minimum atomic E-state index is -4.11. The Hall–Kier alpha value is -0.990. The molecule has 2 aliphatic carbocycles. The summed E-state index contributed by atoms with van der Waals surface area (Å²) < 4.78 is 37.4. The van der Waals surface area contributed by atoms with Gasteiger partial charge in [0.05, 0.1) is 6.42 Å². The van der Waals surface area contributed by atoms with Crippen LogP contribution in [0.3, 0.4) is 0 Å². The van der Waals surface area contributed by atoms with Crippen molar-refractivity contribution in [1.29, 1.82) is 0 Å². The van der Waals surface area contributed by atoms with Gasteiger partial charge < -0.3 is 0 Å². The molecule has 2 fully saturated rings. The summed E-state index contributed by atoms with van der Waals surface area (Å²) in [4.78, 5) is 0. The Kier molecular flexibility index (Phi) is 6.12. The SMILES string of the molecule is CCC1CCC(C2CCC(c3ccc(CC(F)(F)F)cc3)CC2)CC1. The molecule has 1 aromatic rings. The maximum atomic E-state index is 12.5. The van der Waals surface area contributed by atoms with Crippen LogP contribution in [-0.2, 0) is 6.42 Å². The number of halogens is 3. The lowest BCUT2D eigenvalue weighted by Crippen LogP contribution is -2.25. The first-order valence-corrected chi connectivity index (χ1v) is 10.1. The van der Waals surface area contributed by atoms with Gasteiger partial charge in [0, 0.05) is 0 Å². The number of hydrogen-bond donors (Lipinski definition) is 0. The first-order chi connectivity index (χ1) is 11.9. The molecule has 140 valence electrons. The molecule has 2 aliphatic rings.